The van der Waals surface area contributed by atoms with Gasteiger partial charge in [0, 0.05) is 16.0 Å². The van der Waals surface area contributed by atoms with Gasteiger partial charge >= 0.3 is 5.97 Å². The van der Waals surface area contributed by atoms with Crippen LogP contribution >= 0.6 is 34.8 Å². The second kappa shape index (κ2) is 6.75. The van der Waals surface area contributed by atoms with Crippen molar-refractivity contribution in [1.29, 1.82) is 0 Å². The van der Waals surface area contributed by atoms with Crippen LogP contribution in [0.5, 0.6) is 0 Å². The fraction of sp³-hybridized carbons (Fsp3) is 0.0588. The van der Waals surface area contributed by atoms with Gasteiger partial charge in [-0.15, -0.1) is 0 Å². The predicted octanol–water partition coefficient (Wildman–Crippen LogP) is 5.55. The van der Waals surface area contributed by atoms with E-state index in [1.807, 2.05) is 6.07 Å². The SMILES string of the molecule is O=C(OCc1c(Cl)ccc2cc(Cl)c(Cl)nc12)c1ccccc1. The van der Waals surface area contributed by atoms with Gasteiger partial charge in [-0.25, -0.2) is 9.78 Å². The number of carbonyl (C=O) groups is 1. The van der Waals surface area contributed by atoms with Crippen molar-refractivity contribution in [2.75, 3.05) is 0 Å². The van der Waals surface area contributed by atoms with Crippen LogP contribution in [0.2, 0.25) is 15.2 Å². The van der Waals surface area contributed by atoms with E-state index in [0.717, 1.165) is 5.39 Å². The van der Waals surface area contributed by atoms with Crippen molar-refractivity contribution in [3.63, 3.8) is 0 Å². The molecule has 23 heavy (non-hydrogen) atoms. The summed E-state index contributed by atoms with van der Waals surface area (Å²) in [5.41, 5.74) is 1.62. The molecule has 2 aromatic carbocycles. The number of halogens is 3. The maximum absolute atomic E-state index is 12.1. The summed E-state index contributed by atoms with van der Waals surface area (Å²) in [6, 6.07) is 13.9. The number of hydrogen-bond acceptors (Lipinski definition) is 3. The Kier molecular flexibility index (Phi) is 4.71. The standard InChI is InChI=1S/C17H10Cl3NO2/c18-13-7-6-11-8-14(19)16(20)21-15(11)12(13)9-23-17(22)10-4-2-1-3-5-10/h1-8H,9H2. The van der Waals surface area contributed by atoms with Crippen LogP contribution < -0.4 is 0 Å². The van der Waals surface area contributed by atoms with Crippen molar-refractivity contribution in [3.8, 4) is 0 Å². The minimum Gasteiger partial charge on any atom is -0.457 e. The molecule has 0 saturated carbocycles. The van der Waals surface area contributed by atoms with E-state index in [0.29, 0.717) is 26.7 Å². The Labute approximate surface area is 147 Å². The van der Waals surface area contributed by atoms with Gasteiger partial charge in [0.1, 0.15) is 11.8 Å². The molecule has 0 N–H and O–H groups in total. The summed E-state index contributed by atoms with van der Waals surface area (Å²) < 4.78 is 5.33. The fourth-order valence-electron chi connectivity index (χ4n) is 2.16. The topological polar surface area (TPSA) is 39.2 Å². The Morgan fingerprint density at radius 3 is 2.48 bits per heavy atom. The smallest absolute Gasteiger partial charge is 0.338 e. The van der Waals surface area contributed by atoms with Gasteiger partial charge in [0.2, 0.25) is 0 Å². The number of carbonyl (C=O) groups excluding carboxylic acids is 1. The zero-order valence-electron chi connectivity index (χ0n) is 11.7. The molecule has 3 rings (SSSR count). The molecule has 0 saturated heterocycles. The second-order valence-electron chi connectivity index (χ2n) is 4.80. The molecule has 3 nitrogen and oxygen atoms in total. The van der Waals surface area contributed by atoms with E-state index in [4.69, 9.17) is 39.5 Å². The Hall–Kier alpha value is -1.81. The van der Waals surface area contributed by atoms with E-state index >= 15 is 0 Å². The summed E-state index contributed by atoms with van der Waals surface area (Å²) >= 11 is 18.2. The monoisotopic (exact) mass is 365 g/mol. The van der Waals surface area contributed by atoms with Crippen molar-refractivity contribution in [2.45, 2.75) is 6.61 Å². The quantitative estimate of drug-likeness (QED) is 0.450. The number of hydrogen-bond donors (Lipinski definition) is 0. The number of fused-ring (bicyclic) bond motifs is 1. The largest absolute Gasteiger partial charge is 0.457 e. The Balaban J connectivity index is 1.92. The van der Waals surface area contributed by atoms with Crippen LogP contribution in [0.3, 0.4) is 0 Å². The Morgan fingerprint density at radius 1 is 1.00 bits per heavy atom. The van der Waals surface area contributed by atoms with E-state index in [1.165, 1.54) is 0 Å². The van der Waals surface area contributed by atoms with Crippen LogP contribution in [0.25, 0.3) is 10.9 Å². The number of rotatable bonds is 3. The molecule has 0 aliphatic heterocycles. The van der Waals surface area contributed by atoms with Gasteiger partial charge in [0.25, 0.3) is 0 Å². The highest BCUT2D eigenvalue weighted by Crippen LogP contribution is 2.30. The average molecular weight is 367 g/mol. The van der Waals surface area contributed by atoms with Gasteiger partial charge < -0.3 is 4.74 Å². The maximum Gasteiger partial charge on any atom is 0.338 e. The van der Waals surface area contributed by atoms with E-state index in [9.17, 15) is 4.79 Å². The normalized spacial score (nSPS) is 10.7. The molecule has 0 aliphatic rings. The van der Waals surface area contributed by atoms with Crippen LogP contribution in [-0.4, -0.2) is 11.0 Å². The van der Waals surface area contributed by atoms with Crippen molar-refractivity contribution in [2.24, 2.45) is 0 Å². The van der Waals surface area contributed by atoms with Gasteiger partial charge in [0.15, 0.2) is 0 Å². The molecule has 0 bridgehead atoms. The zero-order valence-corrected chi connectivity index (χ0v) is 14.0. The molecule has 0 aliphatic carbocycles. The molecule has 116 valence electrons. The van der Waals surface area contributed by atoms with E-state index in [1.54, 1.807) is 42.5 Å². The third-order valence-electron chi connectivity index (χ3n) is 3.30. The lowest BCUT2D eigenvalue weighted by Crippen LogP contribution is -2.06. The summed E-state index contributed by atoms with van der Waals surface area (Å²) in [6.07, 6.45) is 0. The summed E-state index contributed by atoms with van der Waals surface area (Å²) in [6.45, 7) is -0.00510. The first-order valence-corrected chi connectivity index (χ1v) is 7.85. The van der Waals surface area contributed by atoms with Crippen molar-refractivity contribution in [1.82, 2.24) is 4.98 Å². The number of nitrogens with zero attached hydrogens (tertiary/aromatic N) is 1. The summed E-state index contributed by atoms with van der Waals surface area (Å²) in [5.74, 6) is -0.432. The summed E-state index contributed by atoms with van der Waals surface area (Å²) in [7, 11) is 0. The highest BCUT2D eigenvalue weighted by molar-refractivity contribution is 6.42. The fourth-order valence-corrected chi connectivity index (χ4v) is 2.66. The first-order valence-electron chi connectivity index (χ1n) is 6.71. The Morgan fingerprint density at radius 2 is 1.74 bits per heavy atom. The van der Waals surface area contributed by atoms with Gasteiger partial charge in [-0.05, 0) is 24.3 Å². The second-order valence-corrected chi connectivity index (χ2v) is 5.97. The molecule has 0 atom stereocenters. The minimum absolute atomic E-state index is 0.00510. The summed E-state index contributed by atoms with van der Waals surface area (Å²) in [5, 5.41) is 1.75. The molecule has 1 heterocycles. The Bertz CT molecular complexity index is 882. The van der Waals surface area contributed by atoms with Crippen LogP contribution in [0.1, 0.15) is 15.9 Å². The van der Waals surface area contributed by atoms with E-state index in [-0.39, 0.29) is 11.8 Å². The number of aromatic nitrogens is 1. The highest BCUT2D eigenvalue weighted by atomic mass is 35.5. The van der Waals surface area contributed by atoms with E-state index in [2.05, 4.69) is 4.98 Å². The number of esters is 1. The molecular formula is C17H10Cl3NO2. The van der Waals surface area contributed by atoms with Gasteiger partial charge in [0.05, 0.1) is 16.1 Å². The van der Waals surface area contributed by atoms with Crippen LogP contribution in [0, 0.1) is 0 Å². The average Bonchev–Trinajstić information content (AvgIpc) is 2.56. The van der Waals surface area contributed by atoms with E-state index < -0.39 is 5.97 Å². The molecular weight excluding hydrogens is 357 g/mol. The molecule has 0 amide bonds. The maximum atomic E-state index is 12.1. The molecule has 6 heteroatoms. The molecule has 0 radical (unpaired) electrons. The van der Waals surface area contributed by atoms with Gasteiger partial charge in [-0.2, -0.15) is 0 Å². The molecule has 3 aromatic rings. The van der Waals surface area contributed by atoms with Crippen molar-refractivity contribution in [3.05, 3.63) is 74.9 Å². The first kappa shape index (κ1) is 16.1. The van der Waals surface area contributed by atoms with Gasteiger partial charge in [-0.3, -0.25) is 0 Å². The lowest BCUT2D eigenvalue weighted by atomic mass is 10.1. The molecule has 0 spiro atoms. The third kappa shape index (κ3) is 3.42. The first-order chi connectivity index (χ1) is 11.1. The van der Waals surface area contributed by atoms with Gasteiger partial charge in [-0.1, -0.05) is 59.1 Å². The number of pyridine rings is 1. The van der Waals surface area contributed by atoms with Crippen LogP contribution in [-0.2, 0) is 11.3 Å². The summed E-state index contributed by atoms with van der Waals surface area (Å²) in [4.78, 5) is 16.3. The third-order valence-corrected chi connectivity index (χ3v) is 4.33. The molecule has 0 fully saturated rings. The number of ether oxygens (including phenoxy) is 1. The minimum atomic E-state index is -0.432. The highest BCUT2D eigenvalue weighted by Gasteiger charge is 2.13. The number of benzene rings is 2. The lowest BCUT2D eigenvalue weighted by Gasteiger charge is -2.10. The molecule has 0 unspecified atom stereocenters. The predicted molar refractivity (Wildman–Crippen MR) is 92.3 cm³/mol. The van der Waals surface area contributed by atoms with Crippen LogP contribution in [0.4, 0.5) is 0 Å². The molecule has 1 aromatic heterocycles. The van der Waals surface area contributed by atoms with Crippen molar-refractivity contribution < 1.29 is 9.53 Å². The zero-order chi connectivity index (χ0) is 16.4. The van der Waals surface area contributed by atoms with Crippen LogP contribution in [0.15, 0.2) is 48.5 Å². The lowest BCUT2D eigenvalue weighted by molar-refractivity contribution is 0.0474. The van der Waals surface area contributed by atoms with Crippen molar-refractivity contribution >= 4 is 51.7 Å².